The van der Waals surface area contributed by atoms with Gasteiger partial charge in [-0.2, -0.15) is 18.2 Å². The van der Waals surface area contributed by atoms with Crippen LogP contribution in [0.4, 0.5) is 42.1 Å². The normalized spacial score (nSPS) is 14.3. The molecule has 2 aromatic carbocycles. The van der Waals surface area contributed by atoms with Gasteiger partial charge < -0.3 is 25.1 Å². The number of hydroxylamine groups is 1. The molecule has 1 aliphatic heterocycles. The van der Waals surface area contributed by atoms with Crippen LogP contribution in [0.25, 0.3) is 0 Å². The molecular formula is C22H21ClF3N7O5S. The van der Waals surface area contributed by atoms with Crippen LogP contribution in [0, 0.1) is 0 Å². The van der Waals surface area contributed by atoms with Gasteiger partial charge in [-0.15, -0.1) is 0 Å². The minimum Gasteiger partial charge on any atom is -0.378 e. The number of hydrogen-bond donors (Lipinski definition) is 2. The molecule has 3 aromatic rings. The highest BCUT2D eigenvalue weighted by atomic mass is 35.5. The van der Waals surface area contributed by atoms with E-state index >= 15 is 0 Å². The molecule has 12 nitrogen and oxygen atoms in total. The van der Waals surface area contributed by atoms with E-state index in [1.165, 1.54) is 24.5 Å². The van der Waals surface area contributed by atoms with Gasteiger partial charge in [0.05, 0.1) is 29.5 Å². The molecule has 1 fully saturated rings. The lowest BCUT2D eigenvalue weighted by Gasteiger charge is -2.31. The summed E-state index contributed by atoms with van der Waals surface area (Å²) in [4.78, 5) is 29.1. The molecule has 208 valence electrons. The van der Waals surface area contributed by atoms with E-state index in [9.17, 15) is 26.4 Å². The van der Waals surface area contributed by atoms with Crippen LogP contribution in [0.1, 0.15) is 0 Å². The van der Waals surface area contributed by atoms with Crippen molar-refractivity contribution in [3.8, 4) is 0 Å². The number of ether oxygens (including phenoxy) is 1. The molecule has 0 spiro atoms. The van der Waals surface area contributed by atoms with Crippen LogP contribution in [0.5, 0.6) is 0 Å². The van der Waals surface area contributed by atoms with Crippen LogP contribution in [-0.4, -0.2) is 73.3 Å². The maximum Gasteiger partial charge on any atom is 0.492 e. The van der Waals surface area contributed by atoms with Crippen molar-refractivity contribution in [3.05, 3.63) is 53.8 Å². The number of nitrogens with one attached hydrogen (secondary N) is 2. The third kappa shape index (κ3) is 7.03. The topological polar surface area (TPSA) is 139 Å². The molecule has 0 aliphatic carbocycles. The van der Waals surface area contributed by atoms with E-state index in [1.807, 2.05) is 4.90 Å². The number of rotatable bonds is 8. The van der Waals surface area contributed by atoms with Crippen LogP contribution in [0.2, 0.25) is 5.02 Å². The van der Waals surface area contributed by atoms with Crippen molar-refractivity contribution in [1.29, 1.82) is 0 Å². The Balaban J connectivity index is 1.64. The van der Waals surface area contributed by atoms with Crippen molar-refractivity contribution in [3.63, 3.8) is 0 Å². The number of nitrogens with zero attached hydrogens (tertiary/aromatic N) is 5. The minimum atomic E-state index is -5.38. The molecule has 1 saturated heterocycles. The van der Waals surface area contributed by atoms with Gasteiger partial charge in [0.25, 0.3) is 10.0 Å². The largest absolute Gasteiger partial charge is 0.492 e. The van der Waals surface area contributed by atoms with Gasteiger partial charge in [-0.3, -0.25) is 0 Å². The van der Waals surface area contributed by atoms with Crippen molar-refractivity contribution in [1.82, 2.24) is 19.4 Å². The van der Waals surface area contributed by atoms with Crippen molar-refractivity contribution in [2.75, 3.05) is 48.9 Å². The molecule has 1 aliphatic rings. The van der Waals surface area contributed by atoms with Gasteiger partial charge in [0.1, 0.15) is 6.33 Å². The zero-order chi connectivity index (χ0) is 28.2. The Morgan fingerprint density at radius 1 is 1.08 bits per heavy atom. The number of alkyl halides is 3. The molecule has 39 heavy (non-hydrogen) atoms. The predicted molar refractivity (Wildman–Crippen MR) is 134 cm³/mol. The average Bonchev–Trinajstić information content (AvgIpc) is 2.90. The molecule has 0 atom stereocenters. The Morgan fingerprint density at radius 3 is 2.36 bits per heavy atom. The molecule has 17 heteroatoms. The third-order valence-electron chi connectivity index (χ3n) is 5.32. The van der Waals surface area contributed by atoms with Crippen LogP contribution >= 0.6 is 11.6 Å². The summed E-state index contributed by atoms with van der Waals surface area (Å²) >= 11 is 5.91. The summed E-state index contributed by atoms with van der Waals surface area (Å²) < 4.78 is 68.9. The average molecular weight is 588 g/mol. The molecule has 4 rings (SSSR count). The number of halogens is 4. The van der Waals surface area contributed by atoms with Crippen LogP contribution in [-0.2, 0) is 24.4 Å². The summed E-state index contributed by atoms with van der Waals surface area (Å²) in [6, 6.07) is 10.6. The SMILES string of the molecule is CN(OC(=O)C(F)(F)F)S(=O)(=O)c1ccc(N2CCOCC2)c(Nc2ncnc(Nc3ccc(Cl)cc3)n2)c1. The van der Waals surface area contributed by atoms with Gasteiger partial charge in [0.2, 0.25) is 11.9 Å². The van der Waals surface area contributed by atoms with Crippen molar-refractivity contribution in [2.24, 2.45) is 0 Å². The first-order chi connectivity index (χ1) is 18.4. The van der Waals surface area contributed by atoms with Crippen molar-refractivity contribution < 1.29 is 36.0 Å². The fourth-order valence-electron chi connectivity index (χ4n) is 3.42. The molecule has 0 bridgehead atoms. The maximum absolute atomic E-state index is 12.9. The summed E-state index contributed by atoms with van der Waals surface area (Å²) in [6.45, 7) is 1.84. The number of morpholine rings is 1. The highest BCUT2D eigenvalue weighted by molar-refractivity contribution is 7.89. The second kappa shape index (κ2) is 11.6. The monoisotopic (exact) mass is 587 g/mol. The van der Waals surface area contributed by atoms with E-state index < -0.39 is 27.1 Å². The number of benzene rings is 2. The lowest BCUT2D eigenvalue weighted by atomic mass is 10.2. The third-order valence-corrected chi connectivity index (χ3v) is 7.17. The smallest absolute Gasteiger partial charge is 0.378 e. The number of sulfonamides is 1. The molecule has 0 unspecified atom stereocenters. The number of hydrogen-bond acceptors (Lipinski definition) is 11. The molecule has 0 radical (unpaired) electrons. The number of aromatic nitrogens is 3. The molecule has 0 saturated carbocycles. The summed E-state index contributed by atoms with van der Waals surface area (Å²) in [5.74, 6) is -2.46. The van der Waals surface area contributed by atoms with Gasteiger partial charge in [-0.25, -0.2) is 23.2 Å². The molecule has 1 aromatic heterocycles. The number of carbonyl (C=O) groups is 1. The van der Waals surface area contributed by atoms with E-state index in [-0.39, 0.29) is 22.1 Å². The fourth-order valence-corrected chi connectivity index (χ4v) is 4.52. The summed E-state index contributed by atoms with van der Waals surface area (Å²) in [5, 5.41) is 6.47. The second-order valence-corrected chi connectivity index (χ2v) is 10.3. The van der Waals surface area contributed by atoms with Gasteiger partial charge in [-0.1, -0.05) is 11.6 Å². The van der Waals surface area contributed by atoms with E-state index in [1.54, 1.807) is 24.3 Å². The Morgan fingerprint density at radius 2 is 1.72 bits per heavy atom. The molecule has 2 heterocycles. The van der Waals surface area contributed by atoms with Crippen LogP contribution < -0.4 is 15.5 Å². The van der Waals surface area contributed by atoms with E-state index in [0.717, 1.165) is 0 Å². The number of carbonyl (C=O) groups excluding carboxylic acids is 1. The van der Waals surface area contributed by atoms with Gasteiger partial charge in [0, 0.05) is 30.8 Å². The Kier molecular flexibility index (Phi) is 8.39. The highest BCUT2D eigenvalue weighted by Gasteiger charge is 2.44. The molecular weight excluding hydrogens is 567 g/mol. The van der Waals surface area contributed by atoms with Crippen LogP contribution in [0.3, 0.4) is 0 Å². The lowest BCUT2D eigenvalue weighted by Crippen LogP contribution is -2.37. The van der Waals surface area contributed by atoms with Crippen LogP contribution in [0.15, 0.2) is 53.7 Å². The first-order valence-corrected chi connectivity index (χ1v) is 13.0. The zero-order valence-electron chi connectivity index (χ0n) is 20.1. The first kappa shape index (κ1) is 28.3. The first-order valence-electron chi connectivity index (χ1n) is 11.2. The maximum atomic E-state index is 12.9. The van der Waals surface area contributed by atoms with Gasteiger partial charge in [-0.05, 0) is 46.9 Å². The quantitative estimate of drug-likeness (QED) is 0.374. The van der Waals surface area contributed by atoms with Crippen molar-refractivity contribution in [2.45, 2.75) is 11.1 Å². The zero-order valence-corrected chi connectivity index (χ0v) is 21.7. The summed E-state index contributed by atoms with van der Waals surface area (Å²) in [5.41, 5.74) is 1.42. The van der Waals surface area contributed by atoms with Crippen molar-refractivity contribution >= 4 is 56.6 Å². The summed E-state index contributed by atoms with van der Waals surface area (Å²) in [6.07, 6.45) is -4.15. The fraction of sp³-hybridized carbons (Fsp3) is 0.273. The second-order valence-electron chi connectivity index (χ2n) is 7.96. The Labute approximate surface area is 225 Å². The standard InChI is InChI=1S/C22H21ClF3N7O5S/c1-32(38-19(34)22(24,25)26)39(35,36)16-6-7-18(33-8-10-37-11-9-33)17(12-16)30-21-28-13-27-20(31-21)29-15-4-2-14(23)3-5-15/h2-7,12-13H,8-11H2,1H3,(H2,27,28,29,30,31). The Bertz CT molecular complexity index is 1440. The Hall–Kier alpha value is -3.73. The predicted octanol–water partition coefficient (Wildman–Crippen LogP) is 3.49. The molecule has 0 amide bonds. The highest BCUT2D eigenvalue weighted by Crippen LogP contribution is 2.33. The van der Waals surface area contributed by atoms with Gasteiger partial charge in [0.15, 0.2) is 0 Å². The lowest BCUT2D eigenvalue weighted by molar-refractivity contribution is -0.219. The molecule has 2 N–H and O–H groups in total. The van der Waals surface area contributed by atoms with E-state index in [4.69, 9.17) is 16.3 Å². The minimum absolute atomic E-state index is 0.0439. The van der Waals surface area contributed by atoms with E-state index in [2.05, 4.69) is 30.4 Å². The van der Waals surface area contributed by atoms with Gasteiger partial charge >= 0.3 is 12.1 Å². The summed E-state index contributed by atoms with van der Waals surface area (Å²) in [7, 11) is -4.00. The number of anilines is 5. The van der Waals surface area contributed by atoms with E-state index in [0.29, 0.717) is 49.7 Å².